The van der Waals surface area contributed by atoms with Crippen LogP contribution in [0.3, 0.4) is 0 Å². The first-order valence-electron chi connectivity index (χ1n) is 7.03. The minimum Gasteiger partial charge on any atom is -0.497 e. The van der Waals surface area contributed by atoms with Gasteiger partial charge in [-0.3, -0.25) is 4.79 Å². The number of oxime groups is 1. The molecule has 1 aliphatic rings. The number of nitrogens with two attached hydrogens (primary N) is 1. The summed E-state index contributed by atoms with van der Waals surface area (Å²) in [6.07, 6.45) is 2.94. The number of rotatable bonds is 5. The van der Waals surface area contributed by atoms with Crippen LogP contribution >= 0.6 is 0 Å². The smallest absolute Gasteiger partial charge is 0.224 e. The summed E-state index contributed by atoms with van der Waals surface area (Å²) in [6.45, 7) is 0. The molecule has 1 amide bonds. The van der Waals surface area contributed by atoms with E-state index in [1.165, 1.54) is 0 Å². The molecule has 1 aromatic carbocycles. The van der Waals surface area contributed by atoms with Gasteiger partial charge in [0.05, 0.1) is 13.5 Å². The molecule has 0 radical (unpaired) electrons. The fourth-order valence-corrected chi connectivity index (χ4v) is 2.79. The van der Waals surface area contributed by atoms with E-state index in [0.717, 1.165) is 30.6 Å². The molecular formula is C15H21N3O3. The molecule has 0 heterocycles. The number of amides is 1. The Morgan fingerprint density at radius 3 is 3.05 bits per heavy atom. The van der Waals surface area contributed by atoms with Crippen LogP contribution in [-0.2, 0) is 11.2 Å². The Labute approximate surface area is 124 Å². The third-order valence-electron chi connectivity index (χ3n) is 3.86. The molecule has 0 spiro atoms. The van der Waals surface area contributed by atoms with E-state index in [2.05, 4.69) is 10.5 Å². The standard InChI is InChI=1S/C15H21N3O3/c1-21-11-5-2-4-10(8-11)9-14(19)17-13-7-3-6-12(13)15(16)18-20/h2,4-5,8,12-13,20H,3,6-7,9H2,1H3,(H2,16,18)(H,17,19). The van der Waals surface area contributed by atoms with Crippen molar-refractivity contribution >= 4 is 11.7 Å². The topological polar surface area (TPSA) is 96.9 Å². The van der Waals surface area contributed by atoms with Gasteiger partial charge in [-0.2, -0.15) is 0 Å². The molecule has 0 bridgehead atoms. The second-order valence-electron chi connectivity index (χ2n) is 5.26. The average Bonchev–Trinajstić information content (AvgIpc) is 2.94. The summed E-state index contributed by atoms with van der Waals surface area (Å²) < 4.78 is 5.14. The lowest BCUT2D eigenvalue weighted by Gasteiger charge is -2.19. The highest BCUT2D eigenvalue weighted by molar-refractivity contribution is 5.85. The third kappa shape index (κ3) is 3.87. The molecule has 2 unspecified atom stereocenters. The Bertz CT molecular complexity index is 531. The highest BCUT2D eigenvalue weighted by Crippen LogP contribution is 2.26. The number of carbonyl (C=O) groups excluding carboxylic acids is 1. The average molecular weight is 291 g/mol. The predicted molar refractivity (Wildman–Crippen MR) is 79.4 cm³/mol. The molecule has 1 saturated carbocycles. The van der Waals surface area contributed by atoms with Crippen molar-refractivity contribution in [2.75, 3.05) is 7.11 Å². The van der Waals surface area contributed by atoms with Gasteiger partial charge in [0.2, 0.25) is 5.91 Å². The van der Waals surface area contributed by atoms with Crippen molar-refractivity contribution in [3.63, 3.8) is 0 Å². The van der Waals surface area contributed by atoms with Gasteiger partial charge in [0.25, 0.3) is 0 Å². The fourth-order valence-electron chi connectivity index (χ4n) is 2.79. The summed E-state index contributed by atoms with van der Waals surface area (Å²) >= 11 is 0. The maximum absolute atomic E-state index is 12.1. The third-order valence-corrected chi connectivity index (χ3v) is 3.86. The number of hydrogen-bond acceptors (Lipinski definition) is 4. The van der Waals surface area contributed by atoms with Crippen LogP contribution < -0.4 is 15.8 Å². The second-order valence-corrected chi connectivity index (χ2v) is 5.26. The van der Waals surface area contributed by atoms with E-state index in [9.17, 15) is 4.79 Å². The summed E-state index contributed by atoms with van der Waals surface area (Å²) in [6, 6.07) is 7.37. The van der Waals surface area contributed by atoms with Gasteiger partial charge in [-0.05, 0) is 30.5 Å². The number of nitrogens with one attached hydrogen (secondary N) is 1. The van der Waals surface area contributed by atoms with E-state index in [0.29, 0.717) is 0 Å². The van der Waals surface area contributed by atoms with Crippen LogP contribution in [0.2, 0.25) is 0 Å². The molecule has 6 nitrogen and oxygen atoms in total. The Hall–Kier alpha value is -2.24. The lowest BCUT2D eigenvalue weighted by Crippen LogP contribution is -2.43. The molecule has 0 aromatic heterocycles. The maximum Gasteiger partial charge on any atom is 0.224 e. The lowest BCUT2D eigenvalue weighted by molar-refractivity contribution is -0.121. The summed E-state index contributed by atoms with van der Waals surface area (Å²) in [7, 11) is 1.60. The molecule has 114 valence electrons. The van der Waals surface area contributed by atoms with Crippen molar-refractivity contribution in [2.45, 2.75) is 31.7 Å². The van der Waals surface area contributed by atoms with Crippen molar-refractivity contribution in [2.24, 2.45) is 16.8 Å². The maximum atomic E-state index is 12.1. The first-order chi connectivity index (χ1) is 10.1. The van der Waals surface area contributed by atoms with Gasteiger partial charge in [-0.25, -0.2) is 0 Å². The van der Waals surface area contributed by atoms with Gasteiger partial charge >= 0.3 is 0 Å². The van der Waals surface area contributed by atoms with E-state index < -0.39 is 0 Å². The van der Waals surface area contributed by atoms with Crippen molar-refractivity contribution in [3.8, 4) is 5.75 Å². The van der Waals surface area contributed by atoms with Crippen molar-refractivity contribution < 1.29 is 14.7 Å². The zero-order chi connectivity index (χ0) is 15.2. The molecule has 21 heavy (non-hydrogen) atoms. The molecule has 6 heteroatoms. The van der Waals surface area contributed by atoms with Crippen LogP contribution in [0, 0.1) is 5.92 Å². The molecule has 4 N–H and O–H groups in total. The highest BCUT2D eigenvalue weighted by Gasteiger charge is 2.31. The Morgan fingerprint density at radius 2 is 2.33 bits per heavy atom. The molecule has 1 aliphatic carbocycles. The predicted octanol–water partition coefficient (Wildman–Crippen LogP) is 1.27. The largest absolute Gasteiger partial charge is 0.497 e. The zero-order valence-corrected chi connectivity index (χ0v) is 12.1. The van der Waals surface area contributed by atoms with Crippen LogP contribution in [0.15, 0.2) is 29.4 Å². The van der Waals surface area contributed by atoms with Gasteiger partial charge < -0.3 is 21.0 Å². The number of carbonyl (C=O) groups is 1. The number of nitrogens with zero attached hydrogens (tertiary/aromatic N) is 1. The van der Waals surface area contributed by atoms with E-state index in [1.54, 1.807) is 7.11 Å². The summed E-state index contributed by atoms with van der Waals surface area (Å²) in [4.78, 5) is 12.1. The fraction of sp³-hybridized carbons (Fsp3) is 0.467. The summed E-state index contributed by atoms with van der Waals surface area (Å²) in [5.41, 5.74) is 6.56. The minimum atomic E-state index is -0.0794. The zero-order valence-electron chi connectivity index (χ0n) is 12.1. The van der Waals surface area contributed by atoms with Crippen LogP contribution in [0.25, 0.3) is 0 Å². The van der Waals surface area contributed by atoms with Crippen LogP contribution in [0.1, 0.15) is 24.8 Å². The SMILES string of the molecule is COc1cccc(CC(=O)NC2CCCC2C(N)=NO)c1. The van der Waals surface area contributed by atoms with Crippen LogP contribution in [0.4, 0.5) is 0 Å². The molecule has 2 rings (SSSR count). The number of methoxy groups -OCH3 is 1. The highest BCUT2D eigenvalue weighted by atomic mass is 16.5. The number of amidine groups is 1. The van der Waals surface area contributed by atoms with Gasteiger partial charge in [0, 0.05) is 12.0 Å². The van der Waals surface area contributed by atoms with E-state index >= 15 is 0 Å². The quantitative estimate of drug-likeness (QED) is 0.329. The molecule has 0 saturated heterocycles. The van der Waals surface area contributed by atoms with Crippen LogP contribution in [-0.4, -0.2) is 30.1 Å². The van der Waals surface area contributed by atoms with E-state index in [4.69, 9.17) is 15.7 Å². The monoisotopic (exact) mass is 291 g/mol. The summed E-state index contributed by atoms with van der Waals surface area (Å²) in [5.74, 6) is 0.782. The molecule has 0 aliphatic heterocycles. The number of benzene rings is 1. The van der Waals surface area contributed by atoms with Gasteiger partial charge in [-0.15, -0.1) is 0 Å². The van der Waals surface area contributed by atoms with Crippen LogP contribution in [0.5, 0.6) is 5.75 Å². The second kappa shape index (κ2) is 6.97. The summed E-state index contributed by atoms with van der Waals surface area (Å²) in [5, 5.41) is 14.8. The Morgan fingerprint density at radius 1 is 1.52 bits per heavy atom. The van der Waals surface area contributed by atoms with Gasteiger partial charge in [0.1, 0.15) is 11.6 Å². The molecule has 2 atom stereocenters. The first kappa shape index (κ1) is 15.2. The van der Waals surface area contributed by atoms with Gasteiger partial charge in [-0.1, -0.05) is 23.7 Å². The van der Waals surface area contributed by atoms with Crippen molar-refractivity contribution in [3.05, 3.63) is 29.8 Å². The van der Waals surface area contributed by atoms with Gasteiger partial charge in [0.15, 0.2) is 0 Å². The number of hydrogen-bond donors (Lipinski definition) is 3. The van der Waals surface area contributed by atoms with Crippen molar-refractivity contribution in [1.29, 1.82) is 0 Å². The molecule has 1 fully saturated rings. The normalized spacial score (nSPS) is 22.0. The molecule has 1 aromatic rings. The van der Waals surface area contributed by atoms with Crippen molar-refractivity contribution in [1.82, 2.24) is 5.32 Å². The number of ether oxygens (including phenoxy) is 1. The Kier molecular flexibility index (Phi) is 5.03. The lowest BCUT2D eigenvalue weighted by atomic mass is 10.0. The minimum absolute atomic E-state index is 0.0565. The molecular weight excluding hydrogens is 270 g/mol. The van der Waals surface area contributed by atoms with E-state index in [1.807, 2.05) is 24.3 Å². The van der Waals surface area contributed by atoms with E-state index in [-0.39, 0.29) is 30.1 Å². The first-order valence-corrected chi connectivity index (χ1v) is 7.03. The Balaban J connectivity index is 1.95.